The molecule has 0 saturated carbocycles. The maximum Gasteiger partial charge on any atom is 0.230 e. The fraction of sp³-hybridized carbons (Fsp3) is 0.375. The molecule has 0 aliphatic carbocycles. The van der Waals surface area contributed by atoms with Crippen molar-refractivity contribution < 1.29 is 14.3 Å². The Kier molecular flexibility index (Phi) is 6.78. The summed E-state index contributed by atoms with van der Waals surface area (Å²) in [6, 6.07) is 17.6. The lowest BCUT2D eigenvalue weighted by molar-refractivity contribution is -0.119. The van der Waals surface area contributed by atoms with Crippen molar-refractivity contribution in [2.75, 3.05) is 32.0 Å². The molecule has 0 spiro atoms. The molecule has 1 fully saturated rings. The van der Waals surface area contributed by atoms with Crippen LogP contribution in [0.4, 0.5) is 0 Å². The molecule has 0 radical (unpaired) electrons. The van der Waals surface area contributed by atoms with Crippen LogP contribution in [-0.4, -0.2) is 63.7 Å². The second-order valence-electron chi connectivity index (χ2n) is 8.14. The molecule has 1 saturated heterocycles. The number of amides is 1. The number of rotatable bonds is 8. The van der Waals surface area contributed by atoms with E-state index in [1.165, 1.54) is 24.6 Å². The number of carbonyl (C=O) groups is 1. The van der Waals surface area contributed by atoms with E-state index in [0.717, 1.165) is 42.1 Å². The van der Waals surface area contributed by atoms with Gasteiger partial charge < -0.3 is 14.8 Å². The molecule has 9 heteroatoms. The Labute approximate surface area is 197 Å². The molecule has 3 aromatic rings. The summed E-state index contributed by atoms with van der Waals surface area (Å²) in [6.07, 6.45) is 2.24. The zero-order valence-electron chi connectivity index (χ0n) is 18.4. The van der Waals surface area contributed by atoms with E-state index in [-0.39, 0.29) is 17.8 Å². The van der Waals surface area contributed by atoms with Gasteiger partial charge in [0.1, 0.15) is 12.7 Å². The van der Waals surface area contributed by atoms with Crippen molar-refractivity contribution >= 4 is 17.7 Å². The van der Waals surface area contributed by atoms with Crippen molar-refractivity contribution in [1.29, 1.82) is 0 Å². The highest BCUT2D eigenvalue weighted by molar-refractivity contribution is 7.99. The molecular formula is C24H27N5O3S. The summed E-state index contributed by atoms with van der Waals surface area (Å²) in [4.78, 5) is 14.9. The average Bonchev–Trinajstić information content (AvgIpc) is 3.52. The molecule has 1 N–H and O–H groups in total. The lowest BCUT2D eigenvalue weighted by atomic mass is 10.2. The van der Waals surface area contributed by atoms with Gasteiger partial charge in [0.15, 0.2) is 22.5 Å². The summed E-state index contributed by atoms with van der Waals surface area (Å²) in [7, 11) is 0. The quantitative estimate of drug-likeness (QED) is 0.512. The largest absolute Gasteiger partial charge is 0.486 e. The van der Waals surface area contributed by atoms with Crippen LogP contribution in [0.1, 0.15) is 18.7 Å². The molecule has 1 aromatic heterocycles. The number of ether oxygens (including phenoxy) is 2. The van der Waals surface area contributed by atoms with Crippen molar-refractivity contribution in [2.24, 2.45) is 0 Å². The minimum absolute atomic E-state index is 0.0776. The van der Waals surface area contributed by atoms with Crippen molar-refractivity contribution in [1.82, 2.24) is 25.0 Å². The van der Waals surface area contributed by atoms with Gasteiger partial charge >= 0.3 is 0 Å². The fourth-order valence-electron chi connectivity index (χ4n) is 4.05. The summed E-state index contributed by atoms with van der Waals surface area (Å²) >= 11 is 1.39. The van der Waals surface area contributed by atoms with Crippen LogP contribution in [0.2, 0.25) is 0 Å². The lowest BCUT2D eigenvalue weighted by Gasteiger charge is -2.26. The third-order valence-corrected chi connectivity index (χ3v) is 6.63. The third-order valence-electron chi connectivity index (χ3n) is 5.71. The van der Waals surface area contributed by atoms with Gasteiger partial charge in [0.2, 0.25) is 5.91 Å². The molecule has 1 atom stereocenters. The molecule has 3 heterocycles. The van der Waals surface area contributed by atoms with Crippen molar-refractivity contribution in [2.45, 2.75) is 30.6 Å². The first-order valence-corrected chi connectivity index (χ1v) is 12.2. The average molecular weight is 466 g/mol. The Bertz CT molecular complexity index is 1080. The van der Waals surface area contributed by atoms with Gasteiger partial charge in [-0.3, -0.25) is 14.3 Å². The number of hydrogen-bond acceptors (Lipinski definition) is 7. The normalized spacial score (nSPS) is 17.8. The van der Waals surface area contributed by atoms with Crippen LogP contribution in [0.5, 0.6) is 11.5 Å². The number of fused-ring (bicyclic) bond motifs is 1. The van der Waals surface area contributed by atoms with Crippen LogP contribution in [0.25, 0.3) is 5.69 Å². The van der Waals surface area contributed by atoms with Crippen LogP contribution < -0.4 is 14.8 Å². The summed E-state index contributed by atoms with van der Waals surface area (Å²) in [5, 5.41) is 12.5. The molecule has 2 aliphatic heterocycles. The molecule has 8 nitrogen and oxygen atoms in total. The lowest BCUT2D eigenvalue weighted by Crippen LogP contribution is -2.41. The molecule has 1 unspecified atom stereocenters. The highest BCUT2D eigenvalue weighted by Crippen LogP contribution is 2.30. The minimum atomic E-state index is -0.214. The van der Waals surface area contributed by atoms with Gasteiger partial charge in [0.25, 0.3) is 0 Å². The van der Waals surface area contributed by atoms with E-state index in [4.69, 9.17) is 9.47 Å². The number of nitrogens with one attached hydrogen (secondary N) is 1. The zero-order valence-corrected chi connectivity index (χ0v) is 19.2. The SMILES string of the molecule is O=C(CSc1nnc(CN2CCCC2)n1-c1ccccc1)NCC1COc2ccccc2O1. The molecule has 1 amide bonds. The predicted octanol–water partition coefficient (Wildman–Crippen LogP) is 2.91. The summed E-state index contributed by atoms with van der Waals surface area (Å²) in [6.45, 7) is 3.73. The van der Waals surface area contributed by atoms with E-state index >= 15 is 0 Å². The highest BCUT2D eigenvalue weighted by atomic mass is 32.2. The highest BCUT2D eigenvalue weighted by Gasteiger charge is 2.22. The fourth-order valence-corrected chi connectivity index (χ4v) is 4.85. The van der Waals surface area contributed by atoms with Gasteiger partial charge in [-0.25, -0.2) is 0 Å². The molecule has 2 aliphatic rings. The topological polar surface area (TPSA) is 81.5 Å². The molecule has 33 heavy (non-hydrogen) atoms. The number of carbonyl (C=O) groups excluding carboxylic acids is 1. The maximum atomic E-state index is 12.5. The van der Waals surface area contributed by atoms with Crippen LogP contribution in [0.15, 0.2) is 59.8 Å². The predicted molar refractivity (Wildman–Crippen MR) is 126 cm³/mol. The van der Waals surface area contributed by atoms with Crippen LogP contribution in [0, 0.1) is 0 Å². The van der Waals surface area contributed by atoms with Gasteiger partial charge in [0, 0.05) is 5.69 Å². The number of hydrogen-bond donors (Lipinski definition) is 1. The molecule has 172 valence electrons. The van der Waals surface area contributed by atoms with Gasteiger partial charge in [-0.2, -0.15) is 0 Å². The van der Waals surface area contributed by atoms with Gasteiger partial charge in [-0.1, -0.05) is 42.1 Å². The van der Waals surface area contributed by atoms with E-state index < -0.39 is 0 Å². The Morgan fingerprint density at radius 2 is 1.79 bits per heavy atom. The number of aromatic nitrogens is 3. The Morgan fingerprint density at radius 3 is 2.61 bits per heavy atom. The summed E-state index contributed by atoms with van der Waals surface area (Å²) in [5.74, 6) is 2.52. The molecule has 5 rings (SSSR count). The van der Waals surface area contributed by atoms with Crippen molar-refractivity contribution in [3.05, 3.63) is 60.4 Å². The number of nitrogens with zero attached hydrogens (tertiary/aromatic N) is 4. The summed E-state index contributed by atoms with van der Waals surface area (Å²) in [5.41, 5.74) is 1.01. The van der Waals surface area contributed by atoms with Crippen molar-refractivity contribution in [3.8, 4) is 17.2 Å². The second kappa shape index (κ2) is 10.3. The maximum absolute atomic E-state index is 12.5. The van der Waals surface area contributed by atoms with E-state index in [9.17, 15) is 4.79 Å². The first-order chi connectivity index (χ1) is 16.3. The van der Waals surface area contributed by atoms with E-state index in [1.54, 1.807) is 0 Å². The Hall–Kier alpha value is -3.04. The molecule has 0 bridgehead atoms. The van der Waals surface area contributed by atoms with Crippen LogP contribution in [0.3, 0.4) is 0 Å². The first-order valence-electron chi connectivity index (χ1n) is 11.3. The second-order valence-corrected chi connectivity index (χ2v) is 9.09. The van der Waals surface area contributed by atoms with Gasteiger partial charge in [-0.15, -0.1) is 10.2 Å². The minimum Gasteiger partial charge on any atom is -0.486 e. The standard InChI is InChI=1S/C24H27N5O3S/c30-23(25-14-19-16-31-20-10-4-5-11-21(20)32-19)17-33-24-27-26-22(15-28-12-6-7-13-28)29(24)18-8-2-1-3-9-18/h1-5,8-11,19H,6-7,12-17H2,(H,25,30). The van der Waals surface area contributed by atoms with Crippen LogP contribution >= 0.6 is 11.8 Å². The van der Waals surface area contributed by atoms with E-state index in [1.807, 2.05) is 54.6 Å². The van der Waals surface area contributed by atoms with E-state index in [0.29, 0.717) is 18.9 Å². The monoisotopic (exact) mass is 465 g/mol. The number of thioether (sulfide) groups is 1. The first kappa shape index (κ1) is 21.8. The summed E-state index contributed by atoms with van der Waals surface area (Å²) < 4.78 is 13.7. The van der Waals surface area contributed by atoms with Crippen molar-refractivity contribution in [3.63, 3.8) is 0 Å². The molecule has 2 aromatic carbocycles. The zero-order chi connectivity index (χ0) is 22.5. The Morgan fingerprint density at radius 1 is 1.03 bits per heavy atom. The Balaban J connectivity index is 1.19. The van der Waals surface area contributed by atoms with E-state index in [2.05, 4.69) is 25.0 Å². The van der Waals surface area contributed by atoms with Gasteiger partial charge in [-0.05, 0) is 50.2 Å². The number of likely N-dealkylation sites (tertiary alicyclic amines) is 1. The third kappa shape index (κ3) is 5.31. The van der Waals surface area contributed by atoms with Gasteiger partial charge in [0.05, 0.1) is 18.8 Å². The molecular weight excluding hydrogens is 438 g/mol. The smallest absolute Gasteiger partial charge is 0.230 e. The number of benzene rings is 2. The van der Waals surface area contributed by atoms with Crippen LogP contribution in [-0.2, 0) is 11.3 Å². The number of para-hydroxylation sites is 3.